The van der Waals surface area contributed by atoms with Gasteiger partial charge in [0.2, 0.25) is 5.91 Å². The third kappa shape index (κ3) is 3.50. The molecular formula is C18H21N3O3. The van der Waals surface area contributed by atoms with Gasteiger partial charge in [-0.25, -0.2) is 10.9 Å². The molecule has 0 saturated carbocycles. The number of aromatic hydroxyl groups is 1. The molecular weight excluding hydrogens is 306 g/mol. The summed E-state index contributed by atoms with van der Waals surface area (Å²) in [4.78, 5) is 12.5. The van der Waals surface area contributed by atoms with Gasteiger partial charge < -0.3 is 15.2 Å². The molecule has 2 aromatic rings. The van der Waals surface area contributed by atoms with Crippen LogP contribution >= 0.6 is 0 Å². The molecule has 126 valence electrons. The number of hydrogen-bond donors (Lipinski definition) is 4. The zero-order valence-electron chi connectivity index (χ0n) is 13.5. The SMILES string of the molecule is CCOc1ccccc1NC(=O)C1CC(c2ccccc2O)NN1. The Balaban J connectivity index is 1.66. The number of phenols is 1. The quantitative estimate of drug-likeness (QED) is 0.678. The number of anilines is 1. The Morgan fingerprint density at radius 1 is 1.21 bits per heavy atom. The van der Waals surface area contributed by atoms with Crippen LogP contribution in [0.4, 0.5) is 5.69 Å². The van der Waals surface area contributed by atoms with Crippen LogP contribution in [0, 0.1) is 0 Å². The summed E-state index contributed by atoms with van der Waals surface area (Å²) in [6.07, 6.45) is 0.542. The Kier molecular flexibility index (Phi) is 4.98. The second-order valence-electron chi connectivity index (χ2n) is 5.61. The van der Waals surface area contributed by atoms with Crippen molar-refractivity contribution in [3.63, 3.8) is 0 Å². The first-order valence-corrected chi connectivity index (χ1v) is 8.00. The molecule has 4 N–H and O–H groups in total. The first-order valence-electron chi connectivity index (χ1n) is 8.00. The molecule has 1 fully saturated rings. The summed E-state index contributed by atoms with van der Waals surface area (Å²) in [5.74, 6) is 0.726. The Morgan fingerprint density at radius 2 is 1.96 bits per heavy atom. The van der Waals surface area contributed by atoms with E-state index < -0.39 is 6.04 Å². The van der Waals surface area contributed by atoms with Gasteiger partial charge in [0.25, 0.3) is 0 Å². The summed E-state index contributed by atoms with van der Waals surface area (Å²) in [7, 11) is 0. The highest BCUT2D eigenvalue weighted by Crippen LogP contribution is 2.30. The molecule has 2 atom stereocenters. The molecule has 1 heterocycles. The number of hydrogen-bond acceptors (Lipinski definition) is 5. The minimum atomic E-state index is -0.399. The van der Waals surface area contributed by atoms with E-state index in [2.05, 4.69) is 16.2 Å². The molecule has 24 heavy (non-hydrogen) atoms. The minimum absolute atomic E-state index is 0.121. The van der Waals surface area contributed by atoms with Crippen LogP contribution in [0.2, 0.25) is 0 Å². The minimum Gasteiger partial charge on any atom is -0.508 e. The number of para-hydroxylation sites is 3. The second-order valence-corrected chi connectivity index (χ2v) is 5.61. The highest BCUT2D eigenvalue weighted by atomic mass is 16.5. The average Bonchev–Trinajstić information content (AvgIpc) is 3.07. The van der Waals surface area contributed by atoms with Crippen LogP contribution in [0.1, 0.15) is 24.9 Å². The number of carbonyl (C=O) groups is 1. The van der Waals surface area contributed by atoms with Crippen molar-refractivity contribution in [2.75, 3.05) is 11.9 Å². The molecule has 6 nitrogen and oxygen atoms in total. The summed E-state index contributed by atoms with van der Waals surface area (Å²) >= 11 is 0. The van der Waals surface area contributed by atoms with Crippen LogP contribution in [0.15, 0.2) is 48.5 Å². The van der Waals surface area contributed by atoms with Gasteiger partial charge in [0, 0.05) is 5.56 Å². The maximum absolute atomic E-state index is 12.5. The topological polar surface area (TPSA) is 82.6 Å². The van der Waals surface area contributed by atoms with Crippen LogP contribution in [0.5, 0.6) is 11.5 Å². The lowest BCUT2D eigenvalue weighted by Gasteiger charge is -2.14. The zero-order chi connectivity index (χ0) is 16.9. The molecule has 0 aromatic heterocycles. The van der Waals surface area contributed by atoms with Gasteiger partial charge in [-0.3, -0.25) is 4.79 Å². The van der Waals surface area contributed by atoms with E-state index in [0.29, 0.717) is 24.5 Å². The lowest BCUT2D eigenvalue weighted by Crippen LogP contribution is -2.39. The van der Waals surface area contributed by atoms with Crippen LogP contribution in [-0.4, -0.2) is 23.7 Å². The van der Waals surface area contributed by atoms with Crippen molar-refractivity contribution in [1.82, 2.24) is 10.9 Å². The zero-order valence-corrected chi connectivity index (χ0v) is 13.5. The van der Waals surface area contributed by atoms with Crippen LogP contribution < -0.4 is 20.9 Å². The summed E-state index contributed by atoms with van der Waals surface area (Å²) in [6.45, 7) is 2.43. The number of phenolic OH excluding ortho intramolecular Hbond substituents is 1. The molecule has 2 aromatic carbocycles. The first kappa shape index (κ1) is 16.3. The van der Waals surface area contributed by atoms with Gasteiger partial charge in [-0.15, -0.1) is 0 Å². The molecule has 1 saturated heterocycles. The molecule has 1 aliphatic rings. The number of benzene rings is 2. The van der Waals surface area contributed by atoms with Gasteiger partial charge in [-0.2, -0.15) is 0 Å². The van der Waals surface area contributed by atoms with Crippen molar-refractivity contribution in [3.8, 4) is 11.5 Å². The van der Waals surface area contributed by atoms with Gasteiger partial charge in [-0.05, 0) is 31.5 Å². The molecule has 0 bridgehead atoms. The van der Waals surface area contributed by atoms with Gasteiger partial charge in [0.15, 0.2) is 0 Å². The van der Waals surface area contributed by atoms with E-state index in [9.17, 15) is 9.90 Å². The molecule has 3 rings (SSSR count). The van der Waals surface area contributed by atoms with E-state index in [-0.39, 0.29) is 17.7 Å². The molecule has 0 spiro atoms. The third-order valence-electron chi connectivity index (χ3n) is 3.98. The van der Waals surface area contributed by atoms with Crippen molar-refractivity contribution < 1.29 is 14.6 Å². The number of carbonyl (C=O) groups excluding carboxylic acids is 1. The predicted molar refractivity (Wildman–Crippen MR) is 91.8 cm³/mol. The lowest BCUT2D eigenvalue weighted by molar-refractivity contribution is -0.117. The van der Waals surface area contributed by atoms with Crippen LogP contribution in [0.25, 0.3) is 0 Å². The Bertz CT molecular complexity index is 720. The van der Waals surface area contributed by atoms with Crippen molar-refractivity contribution in [2.24, 2.45) is 0 Å². The Hall–Kier alpha value is -2.57. The largest absolute Gasteiger partial charge is 0.508 e. The number of amides is 1. The smallest absolute Gasteiger partial charge is 0.243 e. The second kappa shape index (κ2) is 7.33. The number of hydrazine groups is 1. The maximum Gasteiger partial charge on any atom is 0.243 e. The third-order valence-corrected chi connectivity index (χ3v) is 3.98. The van der Waals surface area contributed by atoms with E-state index in [4.69, 9.17) is 4.74 Å². The number of rotatable bonds is 5. The number of nitrogens with one attached hydrogen (secondary N) is 3. The molecule has 0 aliphatic carbocycles. The number of ether oxygens (including phenoxy) is 1. The summed E-state index contributed by atoms with van der Waals surface area (Å²) < 4.78 is 5.52. The Morgan fingerprint density at radius 3 is 2.75 bits per heavy atom. The summed E-state index contributed by atoms with van der Waals surface area (Å²) in [6, 6.07) is 14.0. The maximum atomic E-state index is 12.5. The van der Waals surface area contributed by atoms with Gasteiger partial charge in [0.05, 0.1) is 18.3 Å². The molecule has 1 amide bonds. The van der Waals surface area contributed by atoms with Gasteiger partial charge in [-0.1, -0.05) is 30.3 Å². The molecule has 0 radical (unpaired) electrons. The van der Waals surface area contributed by atoms with Gasteiger partial charge >= 0.3 is 0 Å². The molecule has 2 unspecified atom stereocenters. The Labute approximate surface area is 140 Å². The highest BCUT2D eigenvalue weighted by Gasteiger charge is 2.31. The van der Waals surface area contributed by atoms with E-state index >= 15 is 0 Å². The normalized spacial score (nSPS) is 19.9. The lowest BCUT2D eigenvalue weighted by atomic mass is 10.0. The van der Waals surface area contributed by atoms with Crippen molar-refractivity contribution >= 4 is 11.6 Å². The summed E-state index contributed by atoms with van der Waals surface area (Å²) in [5, 5.41) is 12.8. The van der Waals surface area contributed by atoms with Gasteiger partial charge in [0.1, 0.15) is 17.5 Å². The van der Waals surface area contributed by atoms with E-state index in [0.717, 1.165) is 5.56 Å². The van der Waals surface area contributed by atoms with Crippen LogP contribution in [-0.2, 0) is 4.79 Å². The predicted octanol–water partition coefficient (Wildman–Crippen LogP) is 2.34. The fourth-order valence-corrected chi connectivity index (χ4v) is 2.79. The average molecular weight is 327 g/mol. The molecule has 6 heteroatoms. The summed E-state index contributed by atoms with van der Waals surface area (Å²) in [5.41, 5.74) is 7.48. The van der Waals surface area contributed by atoms with Crippen molar-refractivity contribution in [3.05, 3.63) is 54.1 Å². The van der Waals surface area contributed by atoms with Crippen molar-refractivity contribution in [2.45, 2.75) is 25.4 Å². The van der Waals surface area contributed by atoms with Crippen LogP contribution in [0.3, 0.4) is 0 Å². The first-order chi connectivity index (χ1) is 11.7. The fourth-order valence-electron chi connectivity index (χ4n) is 2.79. The van der Waals surface area contributed by atoms with E-state index in [1.165, 1.54) is 0 Å². The standard InChI is InChI=1S/C18H21N3O3/c1-2-24-17-10-6-4-8-13(17)19-18(23)15-11-14(20-21-15)12-7-3-5-9-16(12)22/h3-10,14-15,20-22H,2,11H2,1H3,(H,19,23). The fraction of sp³-hybridized carbons (Fsp3) is 0.278. The van der Waals surface area contributed by atoms with Crippen molar-refractivity contribution in [1.29, 1.82) is 0 Å². The van der Waals surface area contributed by atoms with E-state index in [1.807, 2.05) is 43.3 Å². The monoisotopic (exact) mass is 327 g/mol. The highest BCUT2D eigenvalue weighted by molar-refractivity contribution is 5.96. The van der Waals surface area contributed by atoms with E-state index in [1.54, 1.807) is 12.1 Å². The molecule has 1 aliphatic heterocycles.